The molecule has 158 valence electrons. The molecule has 3 heterocycles. The maximum Gasteiger partial charge on any atom is 0.249 e. The number of aromatic nitrogens is 6. The summed E-state index contributed by atoms with van der Waals surface area (Å²) in [6, 6.07) is 18.6. The van der Waals surface area contributed by atoms with E-state index in [1.54, 1.807) is 18.5 Å². The lowest BCUT2D eigenvalue weighted by atomic mass is 10.2. The van der Waals surface area contributed by atoms with Crippen molar-refractivity contribution in [2.24, 2.45) is 0 Å². The Labute approximate surface area is 197 Å². The van der Waals surface area contributed by atoms with Crippen molar-refractivity contribution in [2.45, 2.75) is 10.9 Å². The van der Waals surface area contributed by atoms with Gasteiger partial charge in [-0.3, -0.25) is 9.55 Å². The average Bonchev–Trinajstić information content (AvgIpc) is 3.46. The number of pyridine rings is 1. The molecule has 0 atom stereocenters. The molecule has 0 amide bonds. The van der Waals surface area contributed by atoms with Gasteiger partial charge in [0.25, 0.3) is 0 Å². The maximum absolute atomic E-state index is 6.23. The number of thioether (sulfide) groups is 1. The van der Waals surface area contributed by atoms with E-state index in [1.807, 2.05) is 59.2 Å². The van der Waals surface area contributed by atoms with Gasteiger partial charge in [0.2, 0.25) is 11.8 Å². The lowest BCUT2D eigenvalue weighted by molar-refractivity contribution is 0.528. The van der Waals surface area contributed by atoms with Gasteiger partial charge in [-0.25, -0.2) is 0 Å². The van der Waals surface area contributed by atoms with Gasteiger partial charge in [-0.15, -0.1) is 20.4 Å². The molecule has 3 aromatic heterocycles. The van der Waals surface area contributed by atoms with Gasteiger partial charge in [-0.05, 0) is 48.5 Å². The van der Waals surface area contributed by atoms with Crippen molar-refractivity contribution in [3.05, 3.63) is 89.0 Å². The quantitative estimate of drug-likeness (QED) is 0.276. The summed E-state index contributed by atoms with van der Waals surface area (Å²) in [6.07, 6.45) is 3.44. The average molecular weight is 481 g/mol. The van der Waals surface area contributed by atoms with Gasteiger partial charge >= 0.3 is 0 Å². The third kappa shape index (κ3) is 4.25. The highest BCUT2D eigenvalue weighted by molar-refractivity contribution is 7.98. The van der Waals surface area contributed by atoms with Crippen LogP contribution in [0, 0.1) is 0 Å². The SMILES string of the molecule is Clc1ccc(-n2c(SCc3nnc(-c4ccccc4Cl)o3)nnc2-c2ccncc2)cc1. The number of nitrogens with zero attached hydrogens (tertiary/aromatic N) is 6. The van der Waals surface area contributed by atoms with Crippen molar-refractivity contribution in [2.75, 3.05) is 0 Å². The summed E-state index contributed by atoms with van der Waals surface area (Å²) in [4.78, 5) is 4.08. The zero-order valence-electron chi connectivity index (χ0n) is 16.4. The summed E-state index contributed by atoms with van der Waals surface area (Å²) in [7, 11) is 0. The Morgan fingerprint density at radius 2 is 1.62 bits per heavy atom. The molecule has 32 heavy (non-hydrogen) atoms. The van der Waals surface area contributed by atoms with Gasteiger partial charge in [0.1, 0.15) is 0 Å². The second-order valence-corrected chi connectivity index (χ2v) is 8.41. The molecule has 0 aliphatic heterocycles. The monoisotopic (exact) mass is 480 g/mol. The highest BCUT2D eigenvalue weighted by Crippen LogP contribution is 2.31. The van der Waals surface area contributed by atoms with E-state index in [9.17, 15) is 0 Å². The van der Waals surface area contributed by atoms with Gasteiger partial charge in [0.15, 0.2) is 11.0 Å². The molecule has 0 aliphatic rings. The molecule has 7 nitrogen and oxygen atoms in total. The first-order valence-electron chi connectivity index (χ1n) is 9.51. The molecule has 0 spiro atoms. The minimum absolute atomic E-state index is 0.378. The minimum Gasteiger partial charge on any atom is -0.420 e. The van der Waals surface area contributed by atoms with Crippen LogP contribution >= 0.6 is 35.0 Å². The minimum atomic E-state index is 0.378. The topological polar surface area (TPSA) is 82.5 Å². The fraction of sp³-hybridized carbons (Fsp3) is 0.0455. The maximum atomic E-state index is 6.23. The summed E-state index contributed by atoms with van der Waals surface area (Å²) >= 11 is 13.8. The van der Waals surface area contributed by atoms with E-state index < -0.39 is 0 Å². The molecule has 0 bridgehead atoms. The summed E-state index contributed by atoms with van der Waals surface area (Å²) < 4.78 is 7.77. The van der Waals surface area contributed by atoms with Crippen LogP contribution < -0.4 is 0 Å². The third-order valence-corrected chi connectivity index (χ3v) is 6.05. The van der Waals surface area contributed by atoms with Crippen LogP contribution in [-0.4, -0.2) is 29.9 Å². The predicted molar refractivity (Wildman–Crippen MR) is 124 cm³/mol. The second-order valence-electron chi connectivity index (χ2n) is 6.62. The Hall–Kier alpha value is -3.20. The summed E-state index contributed by atoms with van der Waals surface area (Å²) in [5.74, 6) is 1.95. The lowest BCUT2D eigenvalue weighted by Gasteiger charge is -2.10. The Morgan fingerprint density at radius 1 is 0.844 bits per heavy atom. The number of hydrogen-bond acceptors (Lipinski definition) is 7. The molecule has 0 saturated heterocycles. The smallest absolute Gasteiger partial charge is 0.249 e. The summed E-state index contributed by atoms with van der Waals surface area (Å²) in [5, 5.41) is 19.0. The standard InChI is InChI=1S/C22H14Cl2N6OS/c23-15-5-7-16(8-6-15)30-20(14-9-11-25-12-10-14)27-29-22(30)32-13-19-26-28-21(31-19)17-3-1-2-4-18(17)24/h1-12H,13H2. The van der Waals surface area contributed by atoms with Gasteiger partial charge in [-0.1, -0.05) is 47.1 Å². The summed E-state index contributed by atoms with van der Waals surface area (Å²) in [5.41, 5.74) is 2.48. The Morgan fingerprint density at radius 3 is 2.41 bits per heavy atom. The van der Waals surface area contributed by atoms with Crippen molar-refractivity contribution in [1.82, 2.24) is 29.9 Å². The predicted octanol–water partition coefficient (Wildman–Crippen LogP) is 5.98. The number of rotatable bonds is 6. The first kappa shape index (κ1) is 20.7. The molecule has 0 radical (unpaired) electrons. The van der Waals surface area contributed by atoms with E-state index >= 15 is 0 Å². The van der Waals surface area contributed by atoms with Crippen molar-refractivity contribution < 1.29 is 4.42 Å². The van der Waals surface area contributed by atoms with Crippen LogP contribution in [0.3, 0.4) is 0 Å². The van der Waals surface area contributed by atoms with Crippen LogP contribution in [0.2, 0.25) is 10.0 Å². The van der Waals surface area contributed by atoms with Crippen molar-refractivity contribution in [3.63, 3.8) is 0 Å². The van der Waals surface area contributed by atoms with Gasteiger partial charge in [0, 0.05) is 28.7 Å². The molecule has 0 fully saturated rings. The largest absolute Gasteiger partial charge is 0.420 e. The second kappa shape index (κ2) is 9.12. The van der Waals surface area contributed by atoms with Crippen LogP contribution in [0.5, 0.6) is 0 Å². The number of benzene rings is 2. The summed E-state index contributed by atoms with van der Waals surface area (Å²) in [6.45, 7) is 0. The zero-order valence-corrected chi connectivity index (χ0v) is 18.7. The molecule has 0 saturated carbocycles. The Kier molecular flexibility index (Phi) is 5.89. The van der Waals surface area contributed by atoms with E-state index in [4.69, 9.17) is 27.6 Å². The highest BCUT2D eigenvalue weighted by Gasteiger charge is 2.18. The molecular formula is C22H14Cl2N6OS. The lowest BCUT2D eigenvalue weighted by Crippen LogP contribution is -1.99. The van der Waals surface area contributed by atoms with Crippen LogP contribution in [-0.2, 0) is 5.75 Å². The van der Waals surface area contributed by atoms with E-state index in [1.165, 1.54) is 11.8 Å². The first-order chi connectivity index (χ1) is 15.7. The molecule has 0 unspecified atom stereocenters. The Balaban J connectivity index is 1.45. The van der Waals surface area contributed by atoms with Gasteiger partial charge in [0.05, 0.1) is 16.3 Å². The van der Waals surface area contributed by atoms with Crippen LogP contribution in [0.4, 0.5) is 0 Å². The highest BCUT2D eigenvalue weighted by atomic mass is 35.5. The normalized spacial score (nSPS) is 11.1. The van der Waals surface area contributed by atoms with Gasteiger partial charge < -0.3 is 4.42 Å². The molecule has 10 heteroatoms. The van der Waals surface area contributed by atoms with Crippen molar-refractivity contribution in [3.8, 4) is 28.5 Å². The fourth-order valence-electron chi connectivity index (χ4n) is 3.06. The molecule has 0 N–H and O–H groups in total. The third-order valence-electron chi connectivity index (χ3n) is 4.55. The van der Waals surface area contributed by atoms with Crippen LogP contribution in [0.15, 0.2) is 82.6 Å². The molecule has 5 rings (SSSR count). The molecule has 5 aromatic rings. The zero-order chi connectivity index (χ0) is 21.9. The number of hydrogen-bond donors (Lipinski definition) is 0. The van der Waals surface area contributed by atoms with Gasteiger partial charge in [-0.2, -0.15) is 0 Å². The number of halogens is 2. The van der Waals surface area contributed by atoms with Crippen LogP contribution in [0.25, 0.3) is 28.5 Å². The van der Waals surface area contributed by atoms with E-state index in [0.29, 0.717) is 44.1 Å². The molecule has 2 aromatic carbocycles. The van der Waals surface area contributed by atoms with E-state index in [-0.39, 0.29) is 0 Å². The molecule has 0 aliphatic carbocycles. The van der Waals surface area contributed by atoms with Crippen molar-refractivity contribution >= 4 is 35.0 Å². The first-order valence-corrected chi connectivity index (χ1v) is 11.2. The Bertz CT molecular complexity index is 1350. The van der Waals surface area contributed by atoms with Crippen LogP contribution in [0.1, 0.15) is 5.89 Å². The van der Waals surface area contributed by atoms with E-state index in [2.05, 4.69) is 25.4 Å². The van der Waals surface area contributed by atoms with Crippen molar-refractivity contribution in [1.29, 1.82) is 0 Å². The molecular weight excluding hydrogens is 467 g/mol. The van der Waals surface area contributed by atoms with E-state index in [0.717, 1.165) is 11.3 Å². The fourth-order valence-corrected chi connectivity index (χ4v) is 4.19.